The van der Waals surface area contributed by atoms with Crippen LogP contribution in [0.15, 0.2) is 54.7 Å². The van der Waals surface area contributed by atoms with Gasteiger partial charge < -0.3 is 14.8 Å². The Hall–Kier alpha value is -3.15. The SMILES string of the molecule is CCCCCCC(NC(C)=O)(C(=O)N(C)CCCC)c1cn(Cc2ccccc2)c2ccc(F)cc12. The zero-order valence-electron chi connectivity index (χ0n) is 22.1. The zero-order chi connectivity index (χ0) is 26.1. The monoisotopic (exact) mass is 493 g/mol. The van der Waals surface area contributed by atoms with E-state index in [2.05, 4.69) is 23.7 Å². The Morgan fingerprint density at radius 1 is 1.00 bits per heavy atom. The minimum Gasteiger partial charge on any atom is -0.343 e. The van der Waals surface area contributed by atoms with Crippen molar-refractivity contribution in [2.24, 2.45) is 0 Å². The van der Waals surface area contributed by atoms with Crippen LogP contribution in [-0.2, 0) is 21.7 Å². The maximum Gasteiger partial charge on any atom is 0.252 e. The molecule has 3 aromatic rings. The summed E-state index contributed by atoms with van der Waals surface area (Å²) < 4.78 is 16.6. The number of aromatic nitrogens is 1. The van der Waals surface area contributed by atoms with Crippen molar-refractivity contribution in [1.82, 2.24) is 14.8 Å². The van der Waals surface area contributed by atoms with E-state index in [1.807, 2.05) is 36.5 Å². The fraction of sp³-hybridized carbons (Fsp3) is 0.467. The van der Waals surface area contributed by atoms with Gasteiger partial charge in [0.05, 0.1) is 0 Å². The van der Waals surface area contributed by atoms with Gasteiger partial charge in [0.2, 0.25) is 5.91 Å². The van der Waals surface area contributed by atoms with E-state index in [9.17, 15) is 14.0 Å². The average Bonchev–Trinajstić information content (AvgIpc) is 3.21. The van der Waals surface area contributed by atoms with Crippen LogP contribution in [0.4, 0.5) is 4.39 Å². The lowest BCUT2D eigenvalue weighted by Crippen LogP contribution is -2.56. The van der Waals surface area contributed by atoms with E-state index in [1.54, 1.807) is 18.0 Å². The van der Waals surface area contributed by atoms with Crippen molar-refractivity contribution >= 4 is 22.7 Å². The van der Waals surface area contributed by atoms with E-state index >= 15 is 0 Å². The molecule has 0 saturated carbocycles. The molecule has 0 aliphatic carbocycles. The molecule has 0 bridgehead atoms. The Morgan fingerprint density at radius 3 is 2.39 bits per heavy atom. The second kappa shape index (κ2) is 12.7. The van der Waals surface area contributed by atoms with Crippen LogP contribution in [0.1, 0.15) is 76.8 Å². The molecule has 1 unspecified atom stereocenters. The Labute approximate surface area is 214 Å². The molecule has 2 amide bonds. The number of rotatable bonds is 13. The summed E-state index contributed by atoms with van der Waals surface area (Å²) in [4.78, 5) is 28.5. The third-order valence-electron chi connectivity index (χ3n) is 6.85. The summed E-state index contributed by atoms with van der Waals surface area (Å²) in [5.41, 5.74) is 1.33. The number of fused-ring (bicyclic) bond motifs is 1. The van der Waals surface area contributed by atoms with Gasteiger partial charge in [-0.1, -0.05) is 76.3 Å². The Morgan fingerprint density at radius 2 is 1.72 bits per heavy atom. The largest absolute Gasteiger partial charge is 0.343 e. The van der Waals surface area contributed by atoms with Gasteiger partial charge in [0.1, 0.15) is 11.4 Å². The number of hydrogen-bond donors (Lipinski definition) is 1. The highest BCUT2D eigenvalue weighted by molar-refractivity contribution is 5.97. The highest BCUT2D eigenvalue weighted by Crippen LogP contribution is 2.37. The van der Waals surface area contributed by atoms with E-state index in [-0.39, 0.29) is 17.6 Å². The molecular formula is C30H40FN3O2. The number of likely N-dealkylation sites (N-methyl/N-ethyl adjacent to an activating group) is 1. The number of nitrogens with zero attached hydrogens (tertiary/aromatic N) is 2. The van der Waals surface area contributed by atoms with Crippen molar-refractivity contribution in [3.05, 3.63) is 71.7 Å². The molecule has 0 spiro atoms. The van der Waals surface area contributed by atoms with Crippen LogP contribution >= 0.6 is 0 Å². The normalized spacial score (nSPS) is 12.9. The number of carbonyl (C=O) groups excluding carboxylic acids is 2. The first-order valence-corrected chi connectivity index (χ1v) is 13.2. The molecule has 6 heteroatoms. The predicted molar refractivity (Wildman–Crippen MR) is 144 cm³/mol. The van der Waals surface area contributed by atoms with Crippen molar-refractivity contribution in [2.45, 2.75) is 77.8 Å². The van der Waals surface area contributed by atoms with Gasteiger partial charge >= 0.3 is 0 Å². The summed E-state index contributed by atoms with van der Waals surface area (Å²) in [6.07, 6.45) is 8.10. The maximum atomic E-state index is 14.6. The first-order chi connectivity index (χ1) is 17.3. The number of hydrogen-bond acceptors (Lipinski definition) is 2. The van der Waals surface area contributed by atoms with Gasteiger partial charge in [-0.3, -0.25) is 9.59 Å². The lowest BCUT2D eigenvalue weighted by molar-refractivity contribution is -0.141. The first kappa shape index (κ1) is 27.4. The molecule has 0 saturated heterocycles. The van der Waals surface area contributed by atoms with Gasteiger partial charge in [-0.05, 0) is 36.6 Å². The average molecular weight is 494 g/mol. The summed E-state index contributed by atoms with van der Waals surface area (Å²) >= 11 is 0. The quantitative estimate of drug-likeness (QED) is 0.281. The number of amides is 2. The molecule has 1 N–H and O–H groups in total. The van der Waals surface area contributed by atoms with Gasteiger partial charge in [0.25, 0.3) is 5.91 Å². The number of benzene rings is 2. The van der Waals surface area contributed by atoms with Gasteiger partial charge in [0.15, 0.2) is 0 Å². The third-order valence-corrected chi connectivity index (χ3v) is 6.85. The maximum absolute atomic E-state index is 14.6. The van der Waals surface area contributed by atoms with Gasteiger partial charge in [-0.2, -0.15) is 0 Å². The second-order valence-electron chi connectivity index (χ2n) is 9.80. The topological polar surface area (TPSA) is 54.3 Å². The molecular weight excluding hydrogens is 453 g/mol. The lowest BCUT2D eigenvalue weighted by atomic mass is 9.82. The van der Waals surface area contributed by atoms with E-state index in [0.717, 1.165) is 49.6 Å². The zero-order valence-corrected chi connectivity index (χ0v) is 22.1. The van der Waals surface area contributed by atoms with Gasteiger partial charge in [-0.25, -0.2) is 4.39 Å². The summed E-state index contributed by atoms with van der Waals surface area (Å²) in [7, 11) is 1.80. The fourth-order valence-electron chi connectivity index (χ4n) is 5.00. The number of halogens is 1. The van der Waals surface area contributed by atoms with Crippen molar-refractivity contribution in [3.8, 4) is 0 Å². The van der Waals surface area contributed by atoms with Crippen LogP contribution in [0.2, 0.25) is 0 Å². The first-order valence-electron chi connectivity index (χ1n) is 13.2. The molecule has 36 heavy (non-hydrogen) atoms. The molecule has 194 valence electrons. The second-order valence-corrected chi connectivity index (χ2v) is 9.80. The van der Waals surface area contributed by atoms with Crippen molar-refractivity contribution < 1.29 is 14.0 Å². The molecule has 5 nitrogen and oxygen atoms in total. The lowest BCUT2D eigenvalue weighted by Gasteiger charge is -2.37. The molecule has 2 aromatic carbocycles. The molecule has 0 aliphatic rings. The molecule has 0 aliphatic heterocycles. The Balaban J connectivity index is 2.20. The van der Waals surface area contributed by atoms with Gasteiger partial charge in [0, 0.05) is 49.7 Å². The predicted octanol–water partition coefficient (Wildman–Crippen LogP) is 6.39. The highest BCUT2D eigenvalue weighted by Gasteiger charge is 2.44. The molecule has 0 radical (unpaired) electrons. The minimum absolute atomic E-state index is 0.148. The molecule has 1 atom stereocenters. The summed E-state index contributed by atoms with van der Waals surface area (Å²) in [6, 6.07) is 14.7. The molecule has 1 aromatic heterocycles. The Bertz CT molecular complexity index is 1160. The van der Waals surface area contributed by atoms with Crippen LogP contribution in [0.25, 0.3) is 10.9 Å². The van der Waals surface area contributed by atoms with Crippen LogP contribution in [0.3, 0.4) is 0 Å². The van der Waals surface area contributed by atoms with E-state index in [0.29, 0.717) is 30.5 Å². The minimum atomic E-state index is -1.27. The van der Waals surface area contributed by atoms with Crippen molar-refractivity contribution in [3.63, 3.8) is 0 Å². The smallest absolute Gasteiger partial charge is 0.252 e. The van der Waals surface area contributed by atoms with Crippen LogP contribution < -0.4 is 5.32 Å². The van der Waals surface area contributed by atoms with Crippen LogP contribution in [0, 0.1) is 5.82 Å². The van der Waals surface area contributed by atoms with E-state index in [1.165, 1.54) is 19.1 Å². The fourth-order valence-corrected chi connectivity index (χ4v) is 5.00. The standard InChI is InChI=1S/C30H40FN3O2/c1-5-7-9-13-18-30(32-23(3)35,29(36)33(4)19-8-6-2)27-22-34(21-24-14-11-10-12-15-24)28-17-16-25(31)20-26(27)28/h10-12,14-17,20,22H,5-9,13,18-19,21H2,1-4H3,(H,32,35). The Kier molecular flexibility index (Phi) is 9.68. The van der Waals surface area contributed by atoms with Crippen molar-refractivity contribution in [1.29, 1.82) is 0 Å². The number of nitrogens with one attached hydrogen (secondary N) is 1. The number of carbonyl (C=O) groups is 2. The molecule has 3 rings (SSSR count). The van der Waals surface area contributed by atoms with Gasteiger partial charge in [-0.15, -0.1) is 0 Å². The molecule has 1 heterocycles. The van der Waals surface area contributed by atoms with E-state index < -0.39 is 5.54 Å². The molecule has 0 fully saturated rings. The summed E-state index contributed by atoms with van der Waals surface area (Å²) in [5.74, 6) is -0.788. The number of unbranched alkanes of at least 4 members (excludes halogenated alkanes) is 4. The van der Waals surface area contributed by atoms with E-state index in [4.69, 9.17) is 0 Å². The van der Waals surface area contributed by atoms with Crippen LogP contribution in [-0.4, -0.2) is 34.9 Å². The summed E-state index contributed by atoms with van der Waals surface area (Å²) in [6.45, 7) is 6.86. The van der Waals surface area contributed by atoms with Crippen LogP contribution in [0.5, 0.6) is 0 Å². The third kappa shape index (κ3) is 6.34. The highest BCUT2D eigenvalue weighted by atomic mass is 19.1. The van der Waals surface area contributed by atoms with Crippen molar-refractivity contribution in [2.75, 3.05) is 13.6 Å². The summed E-state index contributed by atoms with van der Waals surface area (Å²) in [5, 5.41) is 3.73.